The molecule has 1 aliphatic rings. The Morgan fingerprint density at radius 1 is 1.04 bits per heavy atom. The molecule has 0 aliphatic carbocycles. The second kappa shape index (κ2) is 12.7. The predicted octanol–water partition coefficient (Wildman–Crippen LogP) is 3.15. The van der Waals surface area contributed by atoms with Gasteiger partial charge in [-0.25, -0.2) is 0 Å². The van der Waals surface area contributed by atoms with Crippen molar-refractivity contribution in [3.63, 3.8) is 0 Å². The van der Waals surface area contributed by atoms with E-state index in [-0.39, 0.29) is 0 Å². The van der Waals surface area contributed by atoms with Gasteiger partial charge in [-0.1, -0.05) is 30.7 Å². The van der Waals surface area contributed by atoms with E-state index in [1.807, 2.05) is 14.0 Å². The molecule has 2 rings (SSSR count). The van der Waals surface area contributed by atoms with Gasteiger partial charge in [-0.2, -0.15) is 0 Å². The third kappa shape index (κ3) is 8.19. The summed E-state index contributed by atoms with van der Waals surface area (Å²) in [6, 6.07) is 8.97. The van der Waals surface area contributed by atoms with E-state index in [1.165, 1.54) is 43.5 Å². The largest absolute Gasteiger partial charge is 0.382 e. The normalized spacial score (nSPS) is 15.8. The molecular formula is C21H36N4O. The topological polar surface area (TPSA) is 48.9 Å². The number of hydrogen-bond donors (Lipinski definition) is 2. The Kier molecular flexibility index (Phi) is 10.1. The van der Waals surface area contributed by atoms with Crippen LogP contribution in [0.25, 0.3) is 0 Å². The molecule has 0 amide bonds. The fourth-order valence-electron chi connectivity index (χ4n) is 3.22. The molecule has 1 aliphatic heterocycles. The van der Waals surface area contributed by atoms with Gasteiger partial charge < -0.3 is 15.4 Å². The number of benzene rings is 1. The zero-order chi connectivity index (χ0) is 18.5. The first-order valence-electron chi connectivity index (χ1n) is 10.1. The summed E-state index contributed by atoms with van der Waals surface area (Å²) in [5, 5.41) is 6.74. The molecule has 146 valence electrons. The number of rotatable bonds is 10. The second-order valence-corrected chi connectivity index (χ2v) is 6.91. The van der Waals surface area contributed by atoms with Crippen LogP contribution in [-0.2, 0) is 17.8 Å². The van der Waals surface area contributed by atoms with Gasteiger partial charge in [0.15, 0.2) is 5.96 Å². The molecule has 1 saturated heterocycles. The van der Waals surface area contributed by atoms with E-state index in [0.717, 1.165) is 51.6 Å². The molecule has 1 fully saturated rings. The highest BCUT2D eigenvalue weighted by Gasteiger charge is 2.10. The predicted molar refractivity (Wildman–Crippen MR) is 109 cm³/mol. The Balaban J connectivity index is 1.65. The van der Waals surface area contributed by atoms with Crippen LogP contribution >= 0.6 is 0 Å². The van der Waals surface area contributed by atoms with Crippen molar-refractivity contribution in [2.45, 2.75) is 52.1 Å². The maximum Gasteiger partial charge on any atom is 0.191 e. The smallest absolute Gasteiger partial charge is 0.191 e. The van der Waals surface area contributed by atoms with Gasteiger partial charge in [0.2, 0.25) is 0 Å². The van der Waals surface area contributed by atoms with Crippen LogP contribution in [0.3, 0.4) is 0 Å². The summed E-state index contributed by atoms with van der Waals surface area (Å²) in [4.78, 5) is 6.85. The van der Waals surface area contributed by atoms with Gasteiger partial charge in [0.05, 0.1) is 0 Å². The molecule has 0 saturated carbocycles. The zero-order valence-electron chi connectivity index (χ0n) is 16.6. The number of ether oxygens (including phenoxy) is 1. The van der Waals surface area contributed by atoms with E-state index in [9.17, 15) is 0 Å². The number of nitrogens with one attached hydrogen (secondary N) is 2. The van der Waals surface area contributed by atoms with E-state index in [0.29, 0.717) is 0 Å². The SMILES string of the molecule is CCOCCCCNC(=NC)NCc1ccc(CN2CCCCC2)cc1. The lowest BCUT2D eigenvalue weighted by Crippen LogP contribution is -2.37. The lowest BCUT2D eigenvalue weighted by molar-refractivity contribution is 0.143. The second-order valence-electron chi connectivity index (χ2n) is 6.91. The third-order valence-corrected chi connectivity index (χ3v) is 4.77. The van der Waals surface area contributed by atoms with Crippen molar-refractivity contribution >= 4 is 5.96 Å². The van der Waals surface area contributed by atoms with E-state index < -0.39 is 0 Å². The molecule has 0 spiro atoms. The van der Waals surface area contributed by atoms with Crippen molar-refractivity contribution in [1.82, 2.24) is 15.5 Å². The molecule has 26 heavy (non-hydrogen) atoms. The van der Waals surface area contributed by atoms with Crippen LogP contribution < -0.4 is 10.6 Å². The fraction of sp³-hybridized carbons (Fsp3) is 0.667. The van der Waals surface area contributed by atoms with Crippen LogP contribution in [0.2, 0.25) is 0 Å². The molecule has 5 nitrogen and oxygen atoms in total. The van der Waals surface area contributed by atoms with E-state index >= 15 is 0 Å². The Morgan fingerprint density at radius 2 is 1.77 bits per heavy atom. The minimum atomic E-state index is 0.794. The van der Waals surface area contributed by atoms with Crippen LogP contribution in [0.1, 0.15) is 50.2 Å². The quantitative estimate of drug-likeness (QED) is 0.382. The van der Waals surface area contributed by atoms with Crippen molar-refractivity contribution in [2.75, 3.05) is 39.9 Å². The zero-order valence-corrected chi connectivity index (χ0v) is 16.6. The number of nitrogens with zero attached hydrogens (tertiary/aromatic N) is 2. The van der Waals surface area contributed by atoms with Gasteiger partial charge in [0.25, 0.3) is 0 Å². The maximum absolute atomic E-state index is 5.35. The van der Waals surface area contributed by atoms with E-state index in [2.05, 4.69) is 44.8 Å². The van der Waals surface area contributed by atoms with Crippen molar-refractivity contribution in [3.8, 4) is 0 Å². The standard InChI is InChI=1S/C21H36N4O/c1-3-26-16-8-5-13-23-21(22-2)24-17-19-9-11-20(12-10-19)18-25-14-6-4-7-15-25/h9-12H,3-8,13-18H2,1-2H3,(H2,22,23,24). The molecule has 0 unspecified atom stereocenters. The third-order valence-electron chi connectivity index (χ3n) is 4.77. The van der Waals surface area contributed by atoms with Crippen molar-refractivity contribution in [1.29, 1.82) is 0 Å². The average Bonchev–Trinajstić information content (AvgIpc) is 2.69. The Hall–Kier alpha value is -1.59. The molecular weight excluding hydrogens is 324 g/mol. The Bertz CT molecular complexity index is 509. The number of unbranched alkanes of at least 4 members (excludes halogenated alkanes) is 1. The van der Waals surface area contributed by atoms with E-state index in [4.69, 9.17) is 4.74 Å². The van der Waals surface area contributed by atoms with Gasteiger partial charge in [0, 0.05) is 39.9 Å². The van der Waals surface area contributed by atoms with Gasteiger partial charge in [-0.3, -0.25) is 9.89 Å². The molecule has 1 heterocycles. The minimum Gasteiger partial charge on any atom is -0.382 e. The summed E-state index contributed by atoms with van der Waals surface area (Å²) in [5.74, 6) is 0.860. The van der Waals surface area contributed by atoms with Gasteiger partial charge in [-0.05, 0) is 56.8 Å². The molecule has 5 heteroatoms. The summed E-state index contributed by atoms with van der Waals surface area (Å²) >= 11 is 0. The first kappa shape index (κ1) is 20.7. The maximum atomic E-state index is 5.35. The van der Waals surface area contributed by atoms with Crippen LogP contribution in [0.4, 0.5) is 0 Å². The van der Waals surface area contributed by atoms with Gasteiger partial charge >= 0.3 is 0 Å². The molecule has 1 aromatic carbocycles. The molecule has 1 aromatic rings. The fourth-order valence-corrected chi connectivity index (χ4v) is 3.22. The summed E-state index contributed by atoms with van der Waals surface area (Å²) in [6.07, 6.45) is 6.25. The molecule has 0 radical (unpaired) electrons. The van der Waals surface area contributed by atoms with Crippen LogP contribution in [-0.4, -0.2) is 50.8 Å². The summed E-state index contributed by atoms with van der Waals surface area (Å²) in [7, 11) is 1.82. The Labute approximate surface area is 159 Å². The Morgan fingerprint density at radius 3 is 2.46 bits per heavy atom. The monoisotopic (exact) mass is 360 g/mol. The van der Waals surface area contributed by atoms with Gasteiger partial charge in [0.1, 0.15) is 0 Å². The lowest BCUT2D eigenvalue weighted by atomic mass is 10.1. The number of aliphatic imine (C=N–C) groups is 1. The highest BCUT2D eigenvalue weighted by molar-refractivity contribution is 5.79. The number of hydrogen-bond acceptors (Lipinski definition) is 3. The summed E-state index contributed by atoms with van der Waals surface area (Å²) in [6.45, 7) is 8.96. The lowest BCUT2D eigenvalue weighted by Gasteiger charge is -2.26. The highest BCUT2D eigenvalue weighted by Crippen LogP contribution is 2.13. The summed E-state index contributed by atoms with van der Waals surface area (Å²) < 4.78 is 5.35. The van der Waals surface area contributed by atoms with Crippen molar-refractivity contribution in [2.24, 2.45) is 4.99 Å². The van der Waals surface area contributed by atoms with Crippen molar-refractivity contribution in [3.05, 3.63) is 35.4 Å². The van der Waals surface area contributed by atoms with Crippen LogP contribution in [0, 0.1) is 0 Å². The van der Waals surface area contributed by atoms with Crippen molar-refractivity contribution < 1.29 is 4.74 Å². The number of guanidine groups is 1. The minimum absolute atomic E-state index is 0.794. The summed E-state index contributed by atoms with van der Waals surface area (Å²) in [5.41, 5.74) is 2.69. The molecule has 0 aromatic heterocycles. The average molecular weight is 361 g/mol. The van der Waals surface area contributed by atoms with Crippen LogP contribution in [0.15, 0.2) is 29.3 Å². The van der Waals surface area contributed by atoms with E-state index in [1.54, 1.807) is 0 Å². The van der Waals surface area contributed by atoms with Crippen LogP contribution in [0.5, 0.6) is 0 Å². The highest BCUT2D eigenvalue weighted by atomic mass is 16.5. The first-order chi connectivity index (χ1) is 12.8. The number of piperidine rings is 1. The first-order valence-corrected chi connectivity index (χ1v) is 10.1. The molecule has 2 N–H and O–H groups in total. The molecule has 0 bridgehead atoms. The van der Waals surface area contributed by atoms with Gasteiger partial charge in [-0.15, -0.1) is 0 Å². The number of likely N-dealkylation sites (tertiary alicyclic amines) is 1. The molecule has 0 atom stereocenters.